The molecule has 2 atom stereocenters. The number of rotatable bonds is 8. The molecular formula is C28H38F2N4O2. The number of nitrogens with one attached hydrogen (secondary N) is 1. The predicted molar refractivity (Wildman–Crippen MR) is 138 cm³/mol. The van der Waals surface area contributed by atoms with Gasteiger partial charge < -0.3 is 20.9 Å². The summed E-state index contributed by atoms with van der Waals surface area (Å²) in [6.07, 6.45) is 6.85. The SMILES string of the molecule is CC(C)(F)CN1CCC(CNc2ccc(C3C=CC(C(=O)N4CCC[C@H]4C(N)=O)=C(F)C3)cc2)CC1. The standard InChI is InChI=1S/C28H38F2N4O2/c1-28(2,30)18-33-14-11-19(12-15-33)17-32-22-8-5-20(6-9-22)21-7-10-23(24(29)16-21)27(36)34-13-3-4-25(34)26(31)35/h5-10,19,21,25,32H,3-4,11-18H2,1-2H3,(H2,31,35)/t21?,25-/m0/s1. The molecule has 2 aliphatic heterocycles. The lowest BCUT2D eigenvalue weighted by molar-refractivity contribution is -0.134. The Kier molecular flexibility index (Phi) is 8.13. The van der Waals surface area contributed by atoms with Gasteiger partial charge in [-0.2, -0.15) is 0 Å². The van der Waals surface area contributed by atoms with Crippen molar-refractivity contribution < 1.29 is 18.4 Å². The summed E-state index contributed by atoms with van der Waals surface area (Å²) in [4.78, 5) is 28.1. The zero-order valence-electron chi connectivity index (χ0n) is 21.3. The maximum Gasteiger partial charge on any atom is 0.257 e. The molecular weight excluding hydrogens is 462 g/mol. The van der Waals surface area contributed by atoms with Crippen molar-refractivity contribution in [3.05, 3.63) is 53.4 Å². The Balaban J connectivity index is 1.27. The molecule has 0 bridgehead atoms. The second-order valence-electron chi connectivity index (χ2n) is 11.0. The minimum absolute atomic E-state index is 0.0267. The molecule has 0 spiro atoms. The second-order valence-corrected chi connectivity index (χ2v) is 11.0. The van der Waals surface area contributed by atoms with Crippen LogP contribution < -0.4 is 11.1 Å². The quantitative estimate of drug-likeness (QED) is 0.558. The molecule has 36 heavy (non-hydrogen) atoms. The third-order valence-electron chi connectivity index (χ3n) is 7.50. The average molecular weight is 501 g/mol. The highest BCUT2D eigenvalue weighted by atomic mass is 19.1. The van der Waals surface area contributed by atoms with E-state index in [0.29, 0.717) is 31.8 Å². The van der Waals surface area contributed by atoms with Gasteiger partial charge in [0.25, 0.3) is 5.91 Å². The third-order valence-corrected chi connectivity index (χ3v) is 7.50. The van der Waals surface area contributed by atoms with Gasteiger partial charge in [-0.15, -0.1) is 0 Å². The monoisotopic (exact) mass is 500 g/mol. The number of primary amides is 1. The second kappa shape index (κ2) is 11.1. The summed E-state index contributed by atoms with van der Waals surface area (Å²) in [5.41, 5.74) is 6.28. The summed E-state index contributed by atoms with van der Waals surface area (Å²) in [5, 5.41) is 3.50. The Morgan fingerprint density at radius 3 is 2.42 bits per heavy atom. The Hall–Kier alpha value is -2.74. The van der Waals surface area contributed by atoms with Crippen LogP contribution in [0.25, 0.3) is 0 Å². The maximum absolute atomic E-state index is 15.0. The fourth-order valence-corrected chi connectivity index (χ4v) is 5.54. The molecule has 6 nitrogen and oxygen atoms in total. The Morgan fingerprint density at radius 2 is 1.81 bits per heavy atom. The highest BCUT2D eigenvalue weighted by molar-refractivity contribution is 5.99. The molecule has 3 aliphatic rings. The van der Waals surface area contributed by atoms with Gasteiger partial charge in [-0.25, -0.2) is 8.78 Å². The number of halogens is 2. The third kappa shape index (κ3) is 6.52. The Bertz CT molecular complexity index is 1010. The van der Waals surface area contributed by atoms with Gasteiger partial charge in [-0.05, 0) is 76.2 Å². The highest BCUT2D eigenvalue weighted by Gasteiger charge is 2.35. The predicted octanol–water partition coefficient (Wildman–Crippen LogP) is 4.30. The van der Waals surface area contributed by atoms with Crippen LogP contribution in [0.5, 0.6) is 0 Å². The first kappa shape index (κ1) is 26.3. The molecule has 0 radical (unpaired) electrons. The van der Waals surface area contributed by atoms with Crippen LogP contribution in [-0.4, -0.2) is 66.0 Å². The molecule has 0 aromatic heterocycles. The number of alkyl halides is 1. The topological polar surface area (TPSA) is 78.7 Å². The number of piperidine rings is 1. The van der Waals surface area contributed by atoms with Crippen molar-refractivity contribution in [2.24, 2.45) is 11.7 Å². The van der Waals surface area contributed by atoms with Gasteiger partial charge in [-0.1, -0.05) is 24.3 Å². The number of nitrogens with zero attached hydrogens (tertiary/aromatic N) is 2. The number of anilines is 1. The van der Waals surface area contributed by atoms with E-state index in [1.165, 1.54) is 4.90 Å². The summed E-state index contributed by atoms with van der Waals surface area (Å²) < 4.78 is 28.8. The van der Waals surface area contributed by atoms with Crippen molar-refractivity contribution in [3.8, 4) is 0 Å². The van der Waals surface area contributed by atoms with Gasteiger partial charge in [0.2, 0.25) is 5.91 Å². The molecule has 1 aliphatic carbocycles. The lowest BCUT2D eigenvalue weighted by Gasteiger charge is -2.34. The first-order valence-corrected chi connectivity index (χ1v) is 13.0. The number of carbonyl (C=O) groups excluding carboxylic acids is 2. The summed E-state index contributed by atoms with van der Waals surface area (Å²) in [5.74, 6) is -1.04. The summed E-state index contributed by atoms with van der Waals surface area (Å²) >= 11 is 0. The van der Waals surface area contributed by atoms with Gasteiger partial charge in [-0.3, -0.25) is 9.59 Å². The molecule has 2 heterocycles. The average Bonchev–Trinajstić information content (AvgIpc) is 3.33. The van der Waals surface area contributed by atoms with Gasteiger partial charge in [0.1, 0.15) is 17.5 Å². The van der Waals surface area contributed by atoms with Crippen LogP contribution in [0, 0.1) is 5.92 Å². The molecule has 2 saturated heterocycles. The molecule has 0 saturated carbocycles. The van der Waals surface area contributed by atoms with E-state index in [1.54, 1.807) is 19.9 Å². The minimum Gasteiger partial charge on any atom is -0.385 e. The zero-order chi connectivity index (χ0) is 25.9. The number of hydrogen-bond acceptors (Lipinski definition) is 4. The number of carbonyl (C=O) groups is 2. The molecule has 8 heteroatoms. The van der Waals surface area contributed by atoms with Gasteiger partial charge in [0.05, 0.1) is 5.57 Å². The van der Waals surface area contributed by atoms with E-state index in [-0.39, 0.29) is 17.9 Å². The fourth-order valence-electron chi connectivity index (χ4n) is 5.54. The van der Waals surface area contributed by atoms with E-state index < -0.39 is 29.4 Å². The zero-order valence-corrected chi connectivity index (χ0v) is 21.3. The summed E-state index contributed by atoms with van der Waals surface area (Å²) in [6.45, 7) is 6.90. The number of allylic oxidation sites excluding steroid dienone is 2. The van der Waals surface area contributed by atoms with E-state index in [9.17, 15) is 18.4 Å². The molecule has 1 unspecified atom stereocenters. The van der Waals surface area contributed by atoms with Crippen LogP contribution in [-0.2, 0) is 9.59 Å². The maximum atomic E-state index is 15.0. The number of hydrogen-bond donors (Lipinski definition) is 2. The largest absolute Gasteiger partial charge is 0.385 e. The first-order valence-electron chi connectivity index (χ1n) is 13.0. The lowest BCUT2D eigenvalue weighted by atomic mass is 9.89. The van der Waals surface area contributed by atoms with E-state index in [1.807, 2.05) is 30.3 Å². The number of likely N-dealkylation sites (tertiary alicyclic amines) is 2. The number of nitrogens with two attached hydrogens (primary N) is 1. The molecule has 2 amide bonds. The molecule has 2 fully saturated rings. The normalized spacial score (nSPS) is 23.8. The van der Waals surface area contributed by atoms with Crippen LogP contribution in [0.2, 0.25) is 0 Å². The smallest absolute Gasteiger partial charge is 0.257 e. The number of amides is 2. The van der Waals surface area contributed by atoms with Crippen molar-refractivity contribution in [2.45, 2.75) is 63.6 Å². The van der Waals surface area contributed by atoms with Crippen LogP contribution >= 0.6 is 0 Å². The van der Waals surface area contributed by atoms with Gasteiger partial charge >= 0.3 is 0 Å². The van der Waals surface area contributed by atoms with E-state index in [0.717, 1.165) is 43.7 Å². The van der Waals surface area contributed by atoms with Crippen molar-refractivity contribution in [1.29, 1.82) is 0 Å². The summed E-state index contributed by atoms with van der Waals surface area (Å²) in [6, 6.07) is 7.35. The highest BCUT2D eigenvalue weighted by Crippen LogP contribution is 2.34. The minimum atomic E-state index is -1.15. The fraction of sp³-hybridized carbons (Fsp3) is 0.571. The molecule has 1 aromatic carbocycles. The van der Waals surface area contributed by atoms with Gasteiger partial charge in [0, 0.05) is 37.7 Å². The number of benzene rings is 1. The first-order chi connectivity index (χ1) is 17.1. The summed E-state index contributed by atoms with van der Waals surface area (Å²) in [7, 11) is 0. The van der Waals surface area contributed by atoms with Crippen LogP contribution in [0.3, 0.4) is 0 Å². The lowest BCUT2D eigenvalue weighted by Crippen LogP contribution is -2.44. The van der Waals surface area contributed by atoms with Crippen LogP contribution in [0.1, 0.15) is 57.4 Å². The van der Waals surface area contributed by atoms with Crippen LogP contribution in [0.15, 0.2) is 47.8 Å². The van der Waals surface area contributed by atoms with Crippen molar-refractivity contribution >= 4 is 17.5 Å². The van der Waals surface area contributed by atoms with Crippen molar-refractivity contribution in [3.63, 3.8) is 0 Å². The van der Waals surface area contributed by atoms with E-state index in [4.69, 9.17) is 5.73 Å². The van der Waals surface area contributed by atoms with Crippen molar-refractivity contribution in [1.82, 2.24) is 9.80 Å². The van der Waals surface area contributed by atoms with Crippen molar-refractivity contribution in [2.75, 3.05) is 38.0 Å². The van der Waals surface area contributed by atoms with Gasteiger partial charge in [0.15, 0.2) is 0 Å². The Morgan fingerprint density at radius 1 is 1.11 bits per heavy atom. The molecule has 4 rings (SSSR count). The molecule has 3 N–H and O–H groups in total. The van der Waals surface area contributed by atoms with E-state index in [2.05, 4.69) is 10.2 Å². The van der Waals surface area contributed by atoms with E-state index >= 15 is 0 Å². The van der Waals surface area contributed by atoms with Crippen LogP contribution in [0.4, 0.5) is 14.5 Å². The molecule has 196 valence electrons. The molecule has 1 aromatic rings. The Labute approximate surface area is 212 Å².